The minimum Gasteiger partial charge on any atom is -0.480 e. The van der Waals surface area contributed by atoms with E-state index < -0.39 is 17.9 Å². The third kappa shape index (κ3) is 4.07. The van der Waals surface area contributed by atoms with E-state index >= 15 is 0 Å². The number of nitrogens with zero attached hydrogens (tertiary/aromatic N) is 2. The predicted octanol–water partition coefficient (Wildman–Crippen LogP) is 2.55. The molecule has 0 aliphatic carbocycles. The number of amides is 1. The van der Waals surface area contributed by atoms with Crippen molar-refractivity contribution in [3.05, 3.63) is 27.1 Å². The molecule has 0 aliphatic rings. The van der Waals surface area contributed by atoms with Gasteiger partial charge in [0.25, 0.3) is 11.5 Å². The van der Waals surface area contributed by atoms with Crippen LogP contribution in [0, 0.1) is 6.92 Å². The van der Waals surface area contributed by atoms with E-state index in [0.29, 0.717) is 27.2 Å². The molecule has 8 heteroatoms. The molecule has 0 aliphatic heterocycles. The van der Waals surface area contributed by atoms with Gasteiger partial charge in [-0.05, 0) is 25.3 Å². The molecule has 0 fully saturated rings. The minimum atomic E-state index is -1.08. The largest absolute Gasteiger partial charge is 0.480 e. The van der Waals surface area contributed by atoms with Gasteiger partial charge in [0.1, 0.15) is 10.9 Å². The zero-order valence-corrected chi connectivity index (χ0v) is 15.5. The van der Waals surface area contributed by atoms with Gasteiger partial charge in [0, 0.05) is 6.54 Å². The molecule has 7 nitrogen and oxygen atoms in total. The maximum atomic E-state index is 12.7. The third-order valence-electron chi connectivity index (χ3n) is 4.14. The fraction of sp³-hybridized carbons (Fsp3) is 0.529. The number of carboxylic acid groups (broad SMARTS) is 1. The summed E-state index contributed by atoms with van der Waals surface area (Å²) >= 11 is 1.12. The van der Waals surface area contributed by atoms with E-state index in [4.69, 9.17) is 5.11 Å². The zero-order valence-electron chi connectivity index (χ0n) is 14.7. The Labute approximate surface area is 149 Å². The maximum absolute atomic E-state index is 12.7. The molecule has 0 saturated heterocycles. The first kappa shape index (κ1) is 19.1. The number of hydrogen-bond donors (Lipinski definition) is 2. The van der Waals surface area contributed by atoms with Crippen LogP contribution in [-0.4, -0.2) is 32.6 Å². The van der Waals surface area contributed by atoms with Crippen LogP contribution in [0.3, 0.4) is 0 Å². The second-order valence-electron chi connectivity index (χ2n) is 5.96. The van der Waals surface area contributed by atoms with Crippen molar-refractivity contribution >= 4 is 33.4 Å². The highest BCUT2D eigenvalue weighted by Crippen LogP contribution is 2.26. The van der Waals surface area contributed by atoms with Crippen LogP contribution in [0.1, 0.15) is 54.8 Å². The van der Waals surface area contributed by atoms with Crippen LogP contribution in [0.5, 0.6) is 0 Å². The average molecular weight is 365 g/mol. The van der Waals surface area contributed by atoms with Crippen LogP contribution in [0.25, 0.3) is 10.2 Å². The highest BCUT2D eigenvalue weighted by molar-refractivity contribution is 7.20. The number of carbonyl (C=O) groups excluding carboxylic acids is 1. The van der Waals surface area contributed by atoms with E-state index in [0.717, 1.165) is 30.6 Å². The molecular formula is C17H23N3O4S. The van der Waals surface area contributed by atoms with Crippen LogP contribution in [0.15, 0.2) is 11.1 Å². The van der Waals surface area contributed by atoms with E-state index in [1.807, 2.05) is 0 Å². The minimum absolute atomic E-state index is 0.154. The molecular weight excluding hydrogens is 342 g/mol. The number of unbranched alkanes of at least 4 members (excludes halogenated alkanes) is 2. The molecule has 136 valence electrons. The summed E-state index contributed by atoms with van der Waals surface area (Å²) in [4.78, 5) is 41.3. The van der Waals surface area contributed by atoms with E-state index in [-0.39, 0.29) is 12.0 Å². The molecule has 1 amide bonds. The first-order chi connectivity index (χ1) is 11.9. The summed E-state index contributed by atoms with van der Waals surface area (Å²) in [6.07, 6.45) is 4.80. The molecule has 2 heterocycles. The quantitative estimate of drug-likeness (QED) is 0.700. The Morgan fingerprint density at radius 2 is 2.08 bits per heavy atom. The van der Waals surface area contributed by atoms with E-state index in [2.05, 4.69) is 17.2 Å². The molecule has 25 heavy (non-hydrogen) atoms. The lowest BCUT2D eigenvalue weighted by Crippen LogP contribution is -2.40. The van der Waals surface area contributed by atoms with Crippen LogP contribution in [-0.2, 0) is 11.3 Å². The summed E-state index contributed by atoms with van der Waals surface area (Å²) in [7, 11) is 0. The number of aliphatic carboxylic acids is 1. The Morgan fingerprint density at radius 3 is 2.68 bits per heavy atom. The van der Waals surface area contributed by atoms with Crippen molar-refractivity contribution in [1.82, 2.24) is 14.9 Å². The van der Waals surface area contributed by atoms with Crippen molar-refractivity contribution < 1.29 is 14.7 Å². The molecule has 0 bridgehead atoms. The standard InChI is InChI=1S/C17H23N3O4S/c1-4-6-7-8-20-9-18-15-12(16(20)22)10(3)13(25-15)14(21)19-11(5-2)17(23)24/h9,11H,4-8H2,1-3H3,(H,19,21)(H,23,24). The van der Waals surface area contributed by atoms with Crippen molar-refractivity contribution in [3.63, 3.8) is 0 Å². The second kappa shape index (κ2) is 8.24. The Hall–Kier alpha value is -2.22. The van der Waals surface area contributed by atoms with Gasteiger partial charge < -0.3 is 10.4 Å². The first-order valence-electron chi connectivity index (χ1n) is 8.42. The Morgan fingerprint density at radius 1 is 1.36 bits per heavy atom. The SMILES string of the molecule is CCCCCn1cnc2sc(C(=O)NC(CC)C(=O)O)c(C)c2c1=O. The number of hydrogen-bond acceptors (Lipinski definition) is 5. The highest BCUT2D eigenvalue weighted by Gasteiger charge is 2.23. The van der Waals surface area contributed by atoms with Gasteiger partial charge in [0.2, 0.25) is 0 Å². The van der Waals surface area contributed by atoms with E-state index in [9.17, 15) is 14.4 Å². The summed E-state index contributed by atoms with van der Waals surface area (Å²) in [5.41, 5.74) is 0.402. The number of carboxylic acids is 1. The number of carbonyl (C=O) groups is 2. The average Bonchev–Trinajstić information content (AvgIpc) is 2.92. The van der Waals surface area contributed by atoms with Gasteiger partial charge in [-0.3, -0.25) is 14.2 Å². The Balaban J connectivity index is 2.35. The number of fused-ring (bicyclic) bond motifs is 1. The molecule has 0 radical (unpaired) electrons. The summed E-state index contributed by atoms with van der Waals surface area (Å²) in [5, 5.41) is 12.0. The summed E-state index contributed by atoms with van der Waals surface area (Å²) < 4.78 is 1.57. The van der Waals surface area contributed by atoms with E-state index in [1.165, 1.54) is 6.33 Å². The van der Waals surface area contributed by atoms with Gasteiger partial charge in [-0.2, -0.15) is 0 Å². The van der Waals surface area contributed by atoms with Gasteiger partial charge in [0.15, 0.2) is 0 Å². The number of thiophene rings is 1. The fourth-order valence-corrected chi connectivity index (χ4v) is 3.67. The lowest BCUT2D eigenvalue weighted by Gasteiger charge is -2.11. The summed E-state index contributed by atoms with van der Waals surface area (Å²) in [6.45, 7) is 6.09. The van der Waals surface area contributed by atoms with Crippen LogP contribution in [0.4, 0.5) is 0 Å². The zero-order chi connectivity index (χ0) is 18.6. The molecule has 0 saturated carbocycles. The van der Waals surface area contributed by atoms with Gasteiger partial charge in [0.05, 0.1) is 16.6 Å². The molecule has 2 aromatic heterocycles. The highest BCUT2D eigenvalue weighted by atomic mass is 32.1. The van der Waals surface area contributed by atoms with Gasteiger partial charge in [-0.25, -0.2) is 9.78 Å². The first-order valence-corrected chi connectivity index (χ1v) is 9.24. The molecule has 1 atom stereocenters. The maximum Gasteiger partial charge on any atom is 0.326 e. The Kier molecular flexibility index (Phi) is 6.30. The molecule has 0 aromatic carbocycles. The number of rotatable bonds is 8. The van der Waals surface area contributed by atoms with Gasteiger partial charge >= 0.3 is 5.97 Å². The Bertz CT molecular complexity index is 840. The lowest BCUT2D eigenvalue weighted by atomic mass is 10.2. The fourth-order valence-electron chi connectivity index (χ4n) is 2.63. The number of aryl methyl sites for hydroxylation is 2. The van der Waals surface area contributed by atoms with Crippen molar-refractivity contribution in [2.24, 2.45) is 0 Å². The van der Waals surface area contributed by atoms with Gasteiger partial charge in [-0.15, -0.1) is 11.3 Å². The van der Waals surface area contributed by atoms with Crippen LogP contribution in [0.2, 0.25) is 0 Å². The number of aromatic nitrogens is 2. The van der Waals surface area contributed by atoms with Crippen molar-refractivity contribution in [2.75, 3.05) is 0 Å². The van der Waals surface area contributed by atoms with Crippen molar-refractivity contribution in [1.29, 1.82) is 0 Å². The lowest BCUT2D eigenvalue weighted by molar-refractivity contribution is -0.139. The smallest absolute Gasteiger partial charge is 0.326 e. The monoisotopic (exact) mass is 365 g/mol. The third-order valence-corrected chi connectivity index (χ3v) is 5.34. The summed E-state index contributed by atoms with van der Waals surface area (Å²) in [6, 6.07) is -0.948. The second-order valence-corrected chi connectivity index (χ2v) is 6.96. The molecule has 2 N–H and O–H groups in total. The summed E-state index contributed by atoms with van der Waals surface area (Å²) in [5.74, 6) is -1.56. The van der Waals surface area contributed by atoms with Crippen LogP contribution >= 0.6 is 11.3 Å². The normalized spacial score (nSPS) is 12.3. The van der Waals surface area contributed by atoms with Crippen LogP contribution < -0.4 is 10.9 Å². The predicted molar refractivity (Wildman–Crippen MR) is 97.3 cm³/mol. The van der Waals surface area contributed by atoms with E-state index in [1.54, 1.807) is 18.4 Å². The van der Waals surface area contributed by atoms with Crippen molar-refractivity contribution in [3.8, 4) is 0 Å². The topological polar surface area (TPSA) is 101 Å². The number of nitrogens with one attached hydrogen (secondary N) is 1. The molecule has 1 unspecified atom stereocenters. The molecule has 0 spiro atoms. The molecule has 2 rings (SSSR count). The molecule has 2 aromatic rings. The van der Waals surface area contributed by atoms with Gasteiger partial charge in [-0.1, -0.05) is 26.7 Å². The van der Waals surface area contributed by atoms with Crippen molar-refractivity contribution in [2.45, 2.75) is 59.0 Å².